The van der Waals surface area contributed by atoms with Crippen LogP contribution in [0.2, 0.25) is 0 Å². The number of primary amides is 1. The summed E-state index contributed by atoms with van der Waals surface area (Å²) in [6.45, 7) is 2.95. The molecule has 0 aliphatic carbocycles. The Kier molecular flexibility index (Phi) is 13.4. The Morgan fingerprint density at radius 3 is 1.90 bits per heavy atom. The predicted molar refractivity (Wildman–Crippen MR) is 137 cm³/mol. The van der Waals surface area contributed by atoms with Crippen LogP contribution in [0, 0.1) is 10.7 Å². The van der Waals surface area contributed by atoms with Crippen LogP contribution in [0.25, 0.3) is 0 Å². The number of nitrogens with two attached hydrogens (primary N) is 2. The maximum absolute atomic E-state index is 11.5. The van der Waals surface area contributed by atoms with Gasteiger partial charge >= 0.3 is 11.9 Å². The summed E-state index contributed by atoms with van der Waals surface area (Å²) in [4.78, 5) is 54.0. The van der Waals surface area contributed by atoms with Crippen LogP contribution in [-0.2, 0) is 25.7 Å². The molecule has 172 valence electrons. The summed E-state index contributed by atoms with van der Waals surface area (Å²) in [7, 11) is 0. The van der Waals surface area contributed by atoms with E-state index in [2.05, 4.69) is 10.6 Å². The standard InChI is InChI=1S/C12H11I3N2O4.C5H10N2O3/c1-4(18)16-3-6-8(13)7(12(20)21)10(15)11(9(6)14)17-5(2)19;6-3(5(9)10)1-2-4(7)8/h3H2,1-2H3,(H,16,18)(H,17,19)(H,20,21);3H,1-2,6H2,(H2,7,8)(H,9,10). The van der Waals surface area contributed by atoms with Crippen LogP contribution >= 0.6 is 67.8 Å². The number of carbonyl (C=O) groups is 5. The van der Waals surface area contributed by atoms with Gasteiger partial charge in [-0.05, 0) is 74.2 Å². The normalized spacial score (nSPS) is 10.9. The van der Waals surface area contributed by atoms with Gasteiger partial charge in [0, 0.05) is 39.5 Å². The minimum absolute atomic E-state index is 0.0213. The SMILES string of the molecule is CC(=O)NCc1c(I)c(NC(C)=O)c(I)c(C(=O)O)c1I.NC(=O)CCC(N)C(=O)O. The molecular weight excluding hydrogens is 753 g/mol. The molecule has 0 heterocycles. The zero-order chi connectivity index (χ0) is 24.5. The predicted octanol–water partition coefficient (Wildman–Crippen LogP) is 1.46. The first-order valence-corrected chi connectivity index (χ1v) is 11.7. The number of benzene rings is 1. The van der Waals surface area contributed by atoms with Crippen molar-refractivity contribution in [3.8, 4) is 0 Å². The third-order valence-corrected chi connectivity index (χ3v) is 6.92. The van der Waals surface area contributed by atoms with Crippen molar-refractivity contribution < 1.29 is 34.2 Å². The Labute approximate surface area is 218 Å². The molecule has 8 N–H and O–H groups in total. The lowest BCUT2D eigenvalue weighted by Gasteiger charge is -2.18. The molecule has 1 rings (SSSR count). The Bertz CT molecular complexity index is 893. The zero-order valence-corrected chi connectivity index (χ0v) is 22.9. The van der Waals surface area contributed by atoms with Crippen molar-refractivity contribution in [3.05, 3.63) is 21.8 Å². The number of carboxylic acid groups (broad SMARTS) is 2. The van der Waals surface area contributed by atoms with Crippen molar-refractivity contribution in [2.75, 3.05) is 5.32 Å². The minimum atomic E-state index is -1.11. The van der Waals surface area contributed by atoms with E-state index in [4.69, 9.17) is 16.6 Å². The average molecular weight is 774 g/mol. The topological polar surface area (TPSA) is 202 Å². The molecule has 0 bridgehead atoms. The van der Waals surface area contributed by atoms with Gasteiger partial charge in [-0.15, -0.1) is 0 Å². The van der Waals surface area contributed by atoms with Gasteiger partial charge in [0.1, 0.15) is 6.04 Å². The number of hydrogen-bond acceptors (Lipinski definition) is 6. The Morgan fingerprint density at radius 2 is 1.52 bits per heavy atom. The molecule has 1 aromatic rings. The number of halogens is 3. The highest BCUT2D eigenvalue weighted by Crippen LogP contribution is 2.35. The number of aliphatic carboxylic acids is 1. The van der Waals surface area contributed by atoms with Gasteiger partial charge in [-0.25, -0.2) is 4.79 Å². The third-order valence-electron chi connectivity index (χ3n) is 3.46. The van der Waals surface area contributed by atoms with Gasteiger partial charge in [-0.3, -0.25) is 19.2 Å². The second kappa shape index (κ2) is 14.0. The zero-order valence-electron chi connectivity index (χ0n) is 16.4. The fourth-order valence-electron chi connectivity index (χ4n) is 1.98. The van der Waals surface area contributed by atoms with Gasteiger partial charge in [0.25, 0.3) is 0 Å². The molecule has 0 aliphatic heterocycles. The van der Waals surface area contributed by atoms with Crippen LogP contribution in [0.4, 0.5) is 5.69 Å². The molecular formula is C17H21I3N4O7. The van der Waals surface area contributed by atoms with Crippen LogP contribution in [0.1, 0.15) is 42.6 Å². The molecule has 0 aliphatic rings. The summed E-state index contributed by atoms with van der Waals surface area (Å²) in [5.41, 5.74) is 11.1. The molecule has 1 atom stereocenters. The highest BCUT2D eigenvalue weighted by atomic mass is 127. The maximum atomic E-state index is 11.5. The van der Waals surface area contributed by atoms with Crippen molar-refractivity contribution in [3.63, 3.8) is 0 Å². The molecule has 1 aromatic carbocycles. The molecule has 0 fully saturated rings. The number of aromatic carboxylic acids is 1. The van der Waals surface area contributed by atoms with Gasteiger partial charge in [-0.1, -0.05) is 0 Å². The summed E-state index contributed by atoms with van der Waals surface area (Å²) in [5.74, 6) is -3.21. The smallest absolute Gasteiger partial charge is 0.337 e. The van der Waals surface area contributed by atoms with E-state index in [0.717, 1.165) is 3.57 Å². The molecule has 1 unspecified atom stereocenters. The van der Waals surface area contributed by atoms with Gasteiger partial charge < -0.3 is 32.3 Å². The van der Waals surface area contributed by atoms with Crippen LogP contribution < -0.4 is 22.1 Å². The number of rotatable bonds is 8. The van der Waals surface area contributed by atoms with Crippen LogP contribution in [0.15, 0.2) is 0 Å². The van der Waals surface area contributed by atoms with E-state index in [1.54, 1.807) is 0 Å². The van der Waals surface area contributed by atoms with E-state index in [9.17, 15) is 29.1 Å². The fraction of sp³-hybridized carbons (Fsp3) is 0.353. The first-order chi connectivity index (χ1) is 14.2. The molecule has 0 radical (unpaired) electrons. The summed E-state index contributed by atoms with van der Waals surface area (Å²) in [6.07, 6.45) is 0.123. The van der Waals surface area contributed by atoms with E-state index in [-0.39, 0.29) is 36.8 Å². The Morgan fingerprint density at radius 1 is 0.968 bits per heavy atom. The molecule has 31 heavy (non-hydrogen) atoms. The van der Waals surface area contributed by atoms with Crippen molar-refractivity contribution in [2.24, 2.45) is 11.5 Å². The summed E-state index contributed by atoms with van der Waals surface area (Å²) >= 11 is 5.90. The molecule has 0 aromatic heterocycles. The van der Waals surface area contributed by atoms with Gasteiger partial charge in [0.15, 0.2) is 0 Å². The average Bonchev–Trinajstić information content (AvgIpc) is 2.62. The van der Waals surface area contributed by atoms with Crippen LogP contribution in [0.3, 0.4) is 0 Å². The summed E-state index contributed by atoms with van der Waals surface area (Å²) in [6, 6.07) is -0.979. The Hall–Kier alpha value is -1.28. The van der Waals surface area contributed by atoms with Crippen LogP contribution in [-0.4, -0.2) is 45.9 Å². The highest BCUT2D eigenvalue weighted by Gasteiger charge is 2.24. The van der Waals surface area contributed by atoms with Gasteiger partial charge in [-0.2, -0.15) is 0 Å². The van der Waals surface area contributed by atoms with Crippen molar-refractivity contribution in [1.29, 1.82) is 0 Å². The van der Waals surface area contributed by atoms with E-state index in [1.165, 1.54) is 13.8 Å². The van der Waals surface area contributed by atoms with Crippen LogP contribution in [0.5, 0.6) is 0 Å². The number of hydrogen-bond donors (Lipinski definition) is 6. The molecule has 3 amide bonds. The second-order valence-electron chi connectivity index (χ2n) is 6.02. The second-order valence-corrected chi connectivity index (χ2v) is 9.25. The summed E-state index contributed by atoms with van der Waals surface area (Å²) < 4.78 is 1.74. The molecule has 0 saturated heterocycles. The number of anilines is 1. The monoisotopic (exact) mass is 774 g/mol. The summed E-state index contributed by atoms with van der Waals surface area (Å²) in [5, 5.41) is 22.9. The van der Waals surface area contributed by atoms with E-state index < -0.39 is 23.9 Å². The highest BCUT2D eigenvalue weighted by molar-refractivity contribution is 14.1. The largest absolute Gasteiger partial charge is 0.480 e. The number of amides is 3. The maximum Gasteiger partial charge on any atom is 0.337 e. The Balaban J connectivity index is 0.000000759. The number of nitrogens with one attached hydrogen (secondary N) is 2. The molecule has 0 saturated carbocycles. The molecule has 14 heteroatoms. The van der Waals surface area contributed by atoms with E-state index in [1.807, 2.05) is 67.8 Å². The van der Waals surface area contributed by atoms with Gasteiger partial charge in [0.05, 0.1) is 14.8 Å². The van der Waals surface area contributed by atoms with Gasteiger partial charge in [0.2, 0.25) is 17.7 Å². The first-order valence-electron chi connectivity index (χ1n) is 8.41. The van der Waals surface area contributed by atoms with Crippen molar-refractivity contribution in [2.45, 2.75) is 39.3 Å². The van der Waals surface area contributed by atoms with Crippen molar-refractivity contribution >= 4 is 103 Å². The van der Waals surface area contributed by atoms with E-state index >= 15 is 0 Å². The lowest BCUT2D eigenvalue weighted by atomic mass is 10.1. The lowest BCUT2D eigenvalue weighted by molar-refractivity contribution is -0.138. The quantitative estimate of drug-likeness (QED) is 0.213. The lowest BCUT2D eigenvalue weighted by Crippen LogP contribution is -2.31. The number of carboxylic acids is 2. The van der Waals surface area contributed by atoms with E-state index in [0.29, 0.717) is 18.4 Å². The van der Waals surface area contributed by atoms with Crippen molar-refractivity contribution in [1.82, 2.24) is 5.32 Å². The molecule has 0 spiro atoms. The number of carbonyl (C=O) groups excluding carboxylic acids is 3. The molecule has 11 nitrogen and oxygen atoms in total. The first kappa shape index (κ1) is 29.7. The fourth-order valence-corrected chi connectivity index (χ4v) is 6.26. The third kappa shape index (κ3) is 10.3. The minimum Gasteiger partial charge on any atom is -0.480 e.